The second kappa shape index (κ2) is 5.77. The highest BCUT2D eigenvalue weighted by Crippen LogP contribution is 2.17. The van der Waals surface area contributed by atoms with E-state index in [1.165, 1.54) is 13.2 Å². The van der Waals surface area contributed by atoms with Crippen LogP contribution in [0.4, 0.5) is 0 Å². The predicted octanol–water partition coefficient (Wildman–Crippen LogP) is 2.93. The summed E-state index contributed by atoms with van der Waals surface area (Å²) < 4.78 is 4.53. The van der Waals surface area contributed by atoms with Crippen molar-refractivity contribution >= 4 is 12.0 Å². The summed E-state index contributed by atoms with van der Waals surface area (Å²) in [5.41, 5.74) is 2.92. The number of benzene rings is 1. The standard InChI is InChI=1S/C15H13NO2/c1-18-15(17)10-7-12-5-8-13(9-6-12)14-4-2-3-11-16-14/h2-11H,1H3. The van der Waals surface area contributed by atoms with Crippen molar-refractivity contribution < 1.29 is 9.53 Å². The first-order valence-electron chi connectivity index (χ1n) is 5.57. The molecule has 90 valence electrons. The number of carbonyl (C=O) groups excluding carboxylic acids is 1. The molecule has 0 aliphatic carbocycles. The average molecular weight is 239 g/mol. The number of methoxy groups -OCH3 is 1. The molecule has 18 heavy (non-hydrogen) atoms. The van der Waals surface area contributed by atoms with E-state index in [4.69, 9.17) is 0 Å². The summed E-state index contributed by atoms with van der Waals surface area (Å²) >= 11 is 0. The number of carbonyl (C=O) groups is 1. The summed E-state index contributed by atoms with van der Waals surface area (Å²) in [5.74, 6) is -0.358. The first-order valence-corrected chi connectivity index (χ1v) is 5.57. The zero-order valence-electron chi connectivity index (χ0n) is 10.0. The van der Waals surface area contributed by atoms with Gasteiger partial charge in [-0.1, -0.05) is 30.3 Å². The van der Waals surface area contributed by atoms with Crippen molar-refractivity contribution in [2.75, 3.05) is 7.11 Å². The number of esters is 1. The predicted molar refractivity (Wildman–Crippen MR) is 70.7 cm³/mol. The molecule has 0 aliphatic heterocycles. The van der Waals surface area contributed by atoms with E-state index in [-0.39, 0.29) is 5.97 Å². The number of pyridine rings is 1. The summed E-state index contributed by atoms with van der Waals surface area (Å²) in [6.45, 7) is 0. The SMILES string of the molecule is COC(=O)C=Cc1ccc(-c2ccccn2)cc1. The van der Waals surface area contributed by atoms with E-state index in [2.05, 4.69) is 9.72 Å². The Morgan fingerprint density at radius 1 is 1.17 bits per heavy atom. The quantitative estimate of drug-likeness (QED) is 0.610. The number of nitrogens with zero attached hydrogens (tertiary/aromatic N) is 1. The van der Waals surface area contributed by atoms with Crippen molar-refractivity contribution in [1.82, 2.24) is 4.98 Å². The topological polar surface area (TPSA) is 39.2 Å². The van der Waals surface area contributed by atoms with Crippen molar-refractivity contribution in [3.05, 3.63) is 60.3 Å². The van der Waals surface area contributed by atoms with Gasteiger partial charge in [0.2, 0.25) is 0 Å². The van der Waals surface area contributed by atoms with Crippen LogP contribution in [-0.2, 0) is 9.53 Å². The second-order valence-corrected chi connectivity index (χ2v) is 3.69. The second-order valence-electron chi connectivity index (χ2n) is 3.69. The Hall–Kier alpha value is -2.42. The maximum Gasteiger partial charge on any atom is 0.330 e. The molecular formula is C15H13NO2. The van der Waals surface area contributed by atoms with Gasteiger partial charge in [0.05, 0.1) is 12.8 Å². The van der Waals surface area contributed by atoms with Gasteiger partial charge in [-0.05, 0) is 23.8 Å². The van der Waals surface area contributed by atoms with Crippen molar-refractivity contribution in [1.29, 1.82) is 0 Å². The number of ether oxygens (including phenoxy) is 1. The van der Waals surface area contributed by atoms with E-state index in [0.29, 0.717) is 0 Å². The van der Waals surface area contributed by atoms with E-state index in [1.54, 1.807) is 12.3 Å². The third-order valence-electron chi connectivity index (χ3n) is 2.48. The molecule has 0 saturated heterocycles. The molecule has 0 spiro atoms. The molecule has 3 heteroatoms. The Morgan fingerprint density at radius 2 is 1.94 bits per heavy atom. The van der Waals surface area contributed by atoms with Crippen LogP contribution in [0, 0.1) is 0 Å². The highest BCUT2D eigenvalue weighted by Gasteiger charge is 1.97. The zero-order valence-corrected chi connectivity index (χ0v) is 10.0. The molecule has 0 radical (unpaired) electrons. The number of hydrogen-bond donors (Lipinski definition) is 0. The van der Waals surface area contributed by atoms with Crippen LogP contribution < -0.4 is 0 Å². The van der Waals surface area contributed by atoms with Gasteiger partial charge in [0.15, 0.2) is 0 Å². The molecule has 0 fully saturated rings. The summed E-state index contributed by atoms with van der Waals surface area (Å²) in [6, 6.07) is 13.6. The molecule has 0 unspecified atom stereocenters. The lowest BCUT2D eigenvalue weighted by Gasteiger charge is -2.00. The maximum absolute atomic E-state index is 11.0. The fourth-order valence-electron chi connectivity index (χ4n) is 1.53. The van der Waals surface area contributed by atoms with Crippen molar-refractivity contribution in [3.63, 3.8) is 0 Å². The van der Waals surface area contributed by atoms with Crippen LogP contribution in [0.2, 0.25) is 0 Å². The Morgan fingerprint density at radius 3 is 2.56 bits per heavy atom. The maximum atomic E-state index is 11.0. The molecule has 0 bridgehead atoms. The van der Waals surface area contributed by atoms with Crippen molar-refractivity contribution in [2.45, 2.75) is 0 Å². The van der Waals surface area contributed by atoms with Gasteiger partial charge in [-0.25, -0.2) is 4.79 Å². The minimum absolute atomic E-state index is 0.358. The zero-order chi connectivity index (χ0) is 12.8. The van der Waals surface area contributed by atoms with E-state index in [1.807, 2.05) is 42.5 Å². The van der Waals surface area contributed by atoms with Crippen LogP contribution in [0.5, 0.6) is 0 Å². The van der Waals surface area contributed by atoms with Gasteiger partial charge in [-0.15, -0.1) is 0 Å². The van der Waals surface area contributed by atoms with Crippen LogP contribution in [0.25, 0.3) is 17.3 Å². The minimum Gasteiger partial charge on any atom is -0.466 e. The van der Waals surface area contributed by atoms with Crippen LogP contribution in [0.1, 0.15) is 5.56 Å². The molecule has 0 aliphatic rings. The fraction of sp³-hybridized carbons (Fsp3) is 0.0667. The Labute approximate surface area is 106 Å². The third kappa shape index (κ3) is 3.04. The van der Waals surface area contributed by atoms with Crippen molar-refractivity contribution in [3.8, 4) is 11.3 Å². The van der Waals surface area contributed by atoms with Crippen LogP contribution >= 0.6 is 0 Å². The number of aromatic nitrogens is 1. The normalized spacial score (nSPS) is 10.5. The molecule has 2 aromatic rings. The third-order valence-corrected chi connectivity index (χ3v) is 2.48. The van der Waals surface area contributed by atoms with Gasteiger partial charge >= 0.3 is 5.97 Å². The molecule has 3 nitrogen and oxygen atoms in total. The first-order chi connectivity index (χ1) is 8.79. The molecule has 2 rings (SSSR count). The molecule has 1 aromatic heterocycles. The fourth-order valence-corrected chi connectivity index (χ4v) is 1.53. The van der Waals surface area contributed by atoms with Crippen LogP contribution in [0.3, 0.4) is 0 Å². The highest BCUT2D eigenvalue weighted by atomic mass is 16.5. The van der Waals surface area contributed by atoms with E-state index >= 15 is 0 Å². The van der Waals surface area contributed by atoms with E-state index in [0.717, 1.165) is 16.8 Å². The summed E-state index contributed by atoms with van der Waals surface area (Å²) in [5, 5.41) is 0. The summed E-state index contributed by atoms with van der Waals surface area (Å²) in [4.78, 5) is 15.2. The van der Waals surface area contributed by atoms with Crippen LogP contribution in [-0.4, -0.2) is 18.1 Å². The first kappa shape index (κ1) is 12.0. The largest absolute Gasteiger partial charge is 0.466 e. The lowest BCUT2D eigenvalue weighted by atomic mass is 10.1. The molecule has 0 saturated carbocycles. The molecule has 0 amide bonds. The van der Waals surface area contributed by atoms with Crippen molar-refractivity contribution in [2.24, 2.45) is 0 Å². The highest BCUT2D eigenvalue weighted by molar-refractivity contribution is 5.87. The molecule has 1 aromatic carbocycles. The molecule has 0 N–H and O–H groups in total. The van der Waals surface area contributed by atoms with Gasteiger partial charge in [0, 0.05) is 17.8 Å². The smallest absolute Gasteiger partial charge is 0.330 e. The summed E-state index contributed by atoms with van der Waals surface area (Å²) in [6.07, 6.45) is 4.88. The monoisotopic (exact) mass is 239 g/mol. The lowest BCUT2D eigenvalue weighted by Crippen LogP contribution is -1.93. The Balaban J connectivity index is 2.16. The van der Waals surface area contributed by atoms with Crippen LogP contribution in [0.15, 0.2) is 54.7 Å². The van der Waals surface area contributed by atoms with Gasteiger partial charge in [0.25, 0.3) is 0 Å². The average Bonchev–Trinajstić information content (AvgIpc) is 2.46. The van der Waals surface area contributed by atoms with Gasteiger partial charge < -0.3 is 4.74 Å². The summed E-state index contributed by atoms with van der Waals surface area (Å²) in [7, 11) is 1.36. The van der Waals surface area contributed by atoms with Gasteiger partial charge in [-0.3, -0.25) is 4.98 Å². The van der Waals surface area contributed by atoms with E-state index < -0.39 is 0 Å². The molecule has 1 heterocycles. The Bertz CT molecular complexity index is 544. The molecular weight excluding hydrogens is 226 g/mol. The number of hydrogen-bond acceptors (Lipinski definition) is 3. The van der Waals surface area contributed by atoms with Gasteiger partial charge in [0.1, 0.15) is 0 Å². The minimum atomic E-state index is -0.358. The van der Waals surface area contributed by atoms with Gasteiger partial charge in [-0.2, -0.15) is 0 Å². The lowest BCUT2D eigenvalue weighted by molar-refractivity contribution is -0.134. The van der Waals surface area contributed by atoms with E-state index in [9.17, 15) is 4.79 Å². The molecule has 0 atom stereocenters. The number of rotatable bonds is 3. The Kier molecular flexibility index (Phi) is 3.86.